The third kappa shape index (κ3) is 9.10. The molecule has 0 heterocycles. The minimum absolute atomic E-state index is 0.244. The first kappa shape index (κ1) is 27.3. The van der Waals surface area contributed by atoms with Crippen molar-refractivity contribution in [2.75, 3.05) is 6.61 Å². The van der Waals surface area contributed by atoms with E-state index in [1.807, 2.05) is 12.1 Å². The number of aliphatic hydroxyl groups is 1. The van der Waals surface area contributed by atoms with E-state index < -0.39 is 29.0 Å². The monoisotopic (exact) mass is 503 g/mol. The van der Waals surface area contributed by atoms with E-state index in [2.05, 4.69) is 5.32 Å². The number of nitrogens with one attached hydrogen (secondary N) is 1. The minimum atomic E-state index is -4.39. The standard InChI is InChI=1S/C24H29ClF3NO3S/c1-22(2,3)32-21(31)29-23(4,15-30)12-6-7-16-10-11-19(14-20(16)25)33-18-9-5-8-17(13-18)24(26,27)28/h5,8-11,13-14,30H,6-7,12,15H2,1-4H3,(H,29,31). The number of rotatable bonds is 8. The van der Waals surface area contributed by atoms with Crippen LogP contribution >= 0.6 is 23.4 Å². The Hall–Kier alpha value is -1.90. The van der Waals surface area contributed by atoms with E-state index in [1.54, 1.807) is 39.8 Å². The summed E-state index contributed by atoms with van der Waals surface area (Å²) in [7, 11) is 0. The summed E-state index contributed by atoms with van der Waals surface area (Å²) in [5.74, 6) is 0. The summed E-state index contributed by atoms with van der Waals surface area (Å²) < 4.78 is 44.0. The molecule has 9 heteroatoms. The molecule has 33 heavy (non-hydrogen) atoms. The van der Waals surface area contributed by atoms with Crippen LogP contribution in [0.3, 0.4) is 0 Å². The molecule has 0 aliphatic heterocycles. The average Bonchev–Trinajstić information content (AvgIpc) is 2.67. The van der Waals surface area contributed by atoms with E-state index >= 15 is 0 Å². The van der Waals surface area contributed by atoms with Crippen molar-refractivity contribution in [1.29, 1.82) is 0 Å². The zero-order valence-corrected chi connectivity index (χ0v) is 20.6. The third-order valence-corrected chi connectivity index (χ3v) is 6.08. The van der Waals surface area contributed by atoms with Gasteiger partial charge in [0.15, 0.2) is 0 Å². The number of halogens is 4. The highest BCUT2D eigenvalue weighted by molar-refractivity contribution is 7.99. The molecule has 1 atom stereocenters. The molecule has 182 valence electrons. The van der Waals surface area contributed by atoms with Gasteiger partial charge in [0.1, 0.15) is 5.60 Å². The van der Waals surface area contributed by atoms with Gasteiger partial charge in [-0.05, 0) is 82.9 Å². The SMILES string of the molecule is CC(CO)(CCCc1ccc(Sc2cccc(C(F)(F)F)c2)cc1Cl)NC(=O)OC(C)(C)C. The van der Waals surface area contributed by atoms with E-state index in [4.69, 9.17) is 16.3 Å². The minimum Gasteiger partial charge on any atom is -0.444 e. The van der Waals surface area contributed by atoms with Crippen LogP contribution in [0, 0.1) is 0 Å². The number of ether oxygens (including phenoxy) is 1. The molecule has 0 aromatic heterocycles. The quantitative estimate of drug-likeness (QED) is 0.403. The molecule has 0 radical (unpaired) electrons. The zero-order valence-electron chi connectivity index (χ0n) is 19.1. The summed E-state index contributed by atoms with van der Waals surface area (Å²) in [6, 6.07) is 10.5. The van der Waals surface area contributed by atoms with Gasteiger partial charge in [-0.25, -0.2) is 4.79 Å². The van der Waals surface area contributed by atoms with Crippen molar-refractivity contribution < 1.29 is 27.8 Å². The number of aliphatic hydroxyl groups excluding tert-OH is 1. The molecule has 1 unspecified atom stereocenters. The summed E-state index contributed by atoms with van der Waals surface area (Å²) in [5.41, 5.74) is -1.29. The van der Waals surface area contributed by atoms with Crippen molar-refractivity contribution in [3.8, 4) is 0 Å². The second-order valence-corrected chi connectivity index (χ2v) is 10.6. The van der Waals surface area contributed by atoms with Crippen LogP contribution in [0.5, 0.6) is 0 Å². The van der Waals surface area contributed by atoms with Crippen LogP contribution in [0.2, 0.25) is 5.02 Å². The Balaban J connectivity index is 1.97. The summed E-state index contributed by atoms with van der Waals surface area (Å²) in [5, 5.41) is 13.0. The van der Waals surface area contributed by atoms with Crippen molar-refractivity contribution in [2.24, 2.45) is 0 Å². The van der Waals surface area contributed by atoms with Crippen LogP contribution in [0.1, 0.15) is 51.7 Å². The maximum absolute atomic E-state index is 12.9. The smallest absolute Gasteiger partial charge is 0.416 e. The number of carbonyl (C=O) groups excluding carboxylic acids is 1. The summed E-state index contributed by atoms with van der Waals surface area (Å²) >= 11 is 7.61. The maximum Gasteiger partial charge on any atom is 0.416 e. The van der Waals surface area contributed by atoms with Crippen molar-refractivity contribution in [3.63, 3.8) is 0 Å². The fraction of sp³-hybridized carbons (Fsp3) is 0.458. The second kappa shape index (κ2) is 11.0. The Morgan fingerprint density at radius 1 is 1.09 bits per heavy atom. The van der Waals surface area contributed by atoms with Gasteiger partial charge < -0.3 is 15.2 Å². The van der Waals surface area contributed by atoms with Crippen LogP contribution < -0.4 is 5.32 Å². The van der Waals surface area contributed by atoms with E-state index in [1.165, 1.54) is 17.8 Å². The van der Waals surface area contributed by atoms with Crippen molar-refractivity contribution in [2.45, 2.75) is 74.1 Å². The topological polar surface area (TPSA) is 58.6 Å². The molecular weight excluding hydrogens is 475 g/mol. The van der Waals surface area contributed by atoms with Gasteiger partial charge in [-0.15, -0.1) is 0 Å². The predicted octanol–water partition coefficient (Wildman–Crippen LogP) is 7.11. The number of amides is 1. The Bertz CT molecular complexity index is 963. The van der Waals surface area contributed by atoms with Crippen molar-refractivity contribution in [1.82, 2.24) is 5.32 Å². The average molecular weight is 504 g/mol. The molecule has 0 saturated heterocycles. The Morgan fingerprint density at radius 3 is 2.33 bits per heavy atom. The Kier molecular flexibility index (Phi) is 9.13. The zero-order chi connectivity index (χ0) is 24.9. The molecule has 2 aromatic carbocycles. The van der Waals surface area contributed by atoms with Gasteiger partial charge in [0.05, 0.1) is 17.7 Å². The Labute approximate surface area is 201 Å². The lowest BCUT2D eigenvalue weighted by molar-refractivity contribution is -0.137. The van der Waals surface area contributed by atoms with Crippen LogP contribution in [0.25, 0.3) is 0 Å². The molecule has 2 aromatic rings. The molecule has 0 saturated carbocycles. The van der Waals surface area contributed by atoms with Gasteiger partial charge in [-0.2, -0.15) is 13.2 Å². The molecule has 0 aliphatic carbocycles. The van der Waals surface area contributed by atoms with Gasteiger partial charge in [-0.3, -0.25) is 0 Å². The first-order valence-corrected chi connectivity index (χ1v) is 11.7. The highest BCUT2D eigenvalue weighted by Crippen LogP contribution is 2.35. The number of hydrogen-bond donors (Lipinski definition) is 2. The third-order valence-electron chi connectivity index (χ3n) is 4.75. The highest BCUT2D eigenvalue weighted by Gasteiger charge is 2.30. The molecule has 0 spiro atoms. The molecule has 2 rings (SSSR count). The Morgan fingerprint density at radius 2 is 1.76 bits per heavy atom. The van der Waals surface area contributed by atoms with Crippen LogP contribution in [0.15, 0.2) is 52.3 Å². The molecule has 1 amide bonds. The van der Waals surface area contributed by atoms with E-state index in [9.17, 15) is 23.1 Å². The fourth-order valence-electron chi connectivity index (χ4n) is 3.07. The van der Waals surface area contributed by atoms with Crippen LogP contribution in [-0.2, 0) is 17.3 Å². The predicted molar refractivity (Wildman–Crippen MR) is 125 cm³/mol. The number of carbonyl (C=O) groups is 1. The largest absolute Gasteiger partial charge is 0.444 e. The first-order valence-electron chi connectivity index (χ1n) is 10.5. The molecule has 0 bridgehead atoms. The molecule has 0 aliphatic rings. The number of hydrogen-bond acceptors (Lipinski definition) is 4. The molecule has 4 nitrogen and oxygen atoms in total. The number of benzene rings is 2. The fourth-order valence-corrected chi connectivity index (χ4v) is 4.32. The van der Waals surface area contributed by atoms with Gasteiger partial charge in [0, 0.05) is 14.8 Å². The van der Waals surface area contributed by atoms with Gasteiger partial charge in [0.25, 0.3) is 0 Å². The maximum atomic E-state index is 12.9. The molecule has 2 N–H and O–H groups in total. The lowest BCUT2D eigenvalue weighted by Gasteiger charge is -2.30. The van der Waals surface area contributed by atoms with Gasteiger partial charge >= 0.3 is 12.3 Å². The normalized spacial score (nSPS) is 14.0. The van der Waals surface area contributed by atoms with Gasteiger partial charge in [0.2, 0.25) is 0 Å². The number of alkyl halides is 3. The van der Waals surface area contributed by atoms with E-state index in [-0.39, 0.29) is 6.61 Å². The lowest BCUT2D eigenvalue weighted by atomic mass is 9.94. The van der Waals surface area contributed by atoms with Crippen molar-refractivity contribution >= 4 is 29.5 Å². The highest BCUT2D eigenvalue weighted by atomic mass is 35.5. The molecule has 0 fully saturated rings. The summed E-state index contributed by atoms with van der Waals surface area (Å²) in [4.78, 5) is 13.3. The lowest BCUT2D eigenvalue weighted by Crippen LogP contribution is -2.50. The van der Waals surface area contributed by atoms with Crippen LogP contribution in [-0.4, -0.2) is 28.9 Å². The van der Waals surface area contributed by atoms with Crippen molar-refractivity contribution in [3.05, 3.63) is 58.6 Å². The van der Waals surface area contributed by atoms with Gasteiger partial charge in [-0.1, -0.05) is 35.5 Å². The molecular formula is C24H29ClF3NO3S. The number of alkyl carbamates (subject to hydrolysis) is 1. The number of aryl methyl sites for hydroxylation is 1. The van der Waals surface area contributed by atoms with E-state index in [0.717, 1.165) is 22.6 Å². The second-order valence-electron chi connectivity index (χ2n) is 9.08. The summed E-state index contributed by atoms with van der Waals surface area (Å²) in [6.07, 6.45) is -3.22. The first-order chi connectivity index (χ1) is 15.2. The van der Waals surface area contributed by atoms with E-state index in [0.29, 0.717) is 29.2 Å². The summed E-state index contributed by atoms with van der Waals surface area (Å²) in [6.45, 7) is 6.79. The van der Waals surface area contributed by atoms with Crippen LogP contribution in [0.4, 0.5) is 18.0 Å².